The molecule has 0 spiro atoms. The molecule has 5 rings (SSSR count). The first-order valence-electron chi connectivity index (χ1n) is 9.75. The van der Waals surface area contributed by atoms with Gasteiger partial charge in [-0.05, 0) is 61.5 Å². The molecule has 0 unspecified atom stereocenters. The average molecular weight is 410 g/mol. The van der Waals surface area contributed by atoms with Gasteiger partial charge in [0.05, 0.1) is 0 Å². The van der Waals surface area contributed by atoms with Crippen LogP contribution in [0.25, 0.3) is 34.0 Å². The Labute approximate surface area is 177 Å². The molecule has 0 bridgehead atoms. The normalized spacial score (nSPS) is 11.0. The Hall–Kier alpha value is -4.26. The zero-order chi connectivity index (χ0) is 21.4. The van der Waals surface area contributed by atoms with E-state index in [4.69, 9.17) is 8.83 Å². The number of aryl methyl sites for hydroxylation is 2. The van der Waals surface area contributed by atoms with E-state index in [-0.39, 0.29) is 5.91 Å². The lowest BCUT2D eigenvalue weighted by molar-refractivity contribution is 0.102. The smallest absolute Gasteiger partial charge is 0.255 e. The number of nitrogens with zero attached hydrogens (tertiary/aromatic N) is 3. The molecule has 1 amide bonds. The molecule has 7 heteroatoms. The lowest BCUT2D eigenvalue weighted by Gasteiger charge is -2.05. The summed E-state index contributed by atoms with van der Waals surface area (Å²) in [5.74, 6) is 1.21. The van der Waals surface area contributed by atoms with Crippen LogP contribution in [0.1, 0.15) is 21.8 Å². The number of carbonyl (C=O) groups is 1. The lowest BCUT2D eigenvalue weighted by atomic mass is 10.1. The maximum atomic E-state index is 12.6. The molecule has 7 nitrogen and oxygen atoms in total. The SMILES string of the molecule is Cc1ccc(-c2nnc(-c3ccc(C(=O)Nc4ccc5oc(C)nc5c4)cc3)o2)cc1. The maximum absolute atomic E-state index is 12.6. The molecule has 0 aliphatic carbocycles. The van der Waals surface area contributed by atoms with Crippen molar-refractivity contribution in [3.05, 3.63) is 83.7 Å². The van der Waals surface area contributed by atoms with Crippen molar-refractivity contribution in [3.8, 4) is 22.9 Å². The molecule has 0 aliphatic heterocycles. The van der Waals surface area contributed by atoms with Crippen molar-refractivity contribution in [3.63, 3.8) is 0 Å². The van der Waals surface area contributed by atoms with Gasteiger partial charge in [-0.3, -0.25) is 4.79 Å². The second-order valence-electron chi connectivity index (χ2n) is 7.23. The van der Waals surface area contributed by atoms with E-state index in [1.165, 1.54) is 0 Å². The van der Waals surface area contributed by atoms with E-state index >= 15 is 0 Å². The summed E-state index contributed by atoms with van der Waals surface area (Å²) in [5, 5.41) is 11.1. The maximum Gasteiger partial charge on any atom is 0.255 e. The number of carbonyl (C=O) groups excluding carboxylic acids is 1. The minimum Gasteiger partial charge on any atom is -0.441 e. The molecule has 0 fully saturated rings. The Balaban J connectivity index is 1.32. The Kier molecular flexibility index (Phi) is 4.55. The van der Waals surface area contributed by atoms with Crippen molar-refractivity contribution >= 4 is 22.7 Å². The zero-order valence-corrected chi connectivity index (χ0v) is 16.9. The van der Waals surface area contributed by atoms with Crippen molar-refractivity contribution in [2.24, 2.45) is 0 Å². The van der Waals surface area contributed by atoms with Crippen LogP contribution in [0.4, 0.5) is 5.69 Å². The number of hydrogen-bond donors (Lipinski definition) is 1. The highest BCUT2D eigenvalue weighted by atomic mass is 16.4. The van der Waals surface area contributed by atoms with Gasteiger partial charge in [-0.25, -0.2) is 4.98 Å². The standard InChI is InChI=1S/C24H18N4O3/c1-14-3-5-17(6-4-14)23-27-28-24(31-23)18-9-7-16(8-10-18)22(29)26-19-11-12-21-20(13-19)25-15(2)30-21/h3-13H,1-2H3,(H,26,29). The van der Waals surface area contributed by atoms with Crippen LogP contribution in [0.3, 0.4) is 0 Å². The second-order valence-corrected chi connectivity index (χ2v) is 7.23. The van der Waals surface area contributed by atoms with Gasteiger partial charge in [-0.15, -0.1) is 10.2 Å². The molecule has 0 saturated carbocycles. The topological polar surface area (TPSA) is 94.1 Å². The molecule has 0 saturated heterocycles. The highest BCUT2D eigenvalue weighted by molar-refractivity contribution is 6.05. The van der Waals surface area contributed by atoms with E-state index in [0.29, 0.717) is 40.0 Å². The van der Waals surface area contributed by atoms with E-state index in [1.807, 2.05) is 31.2 Å². The fourth-order valence-corrected chi connectivity index (χ4v) is 3.24. The largest absolute Gasteiger partial charge is 0.441 e. The van der Waals surface area contributed by atoms with E-state index in [2.05, 4.69) is 20.5 Å². The van der Waals surface area contributed by atoms with Crippen LogP contribution < -0.4 is 5.32 Å². The van der Waals surface area contributed by atoms with Gasteiger partial charge in [0.2, 0.25) is 11.8 Å². The molecule has 3 aromatic carbocycles. The van der Waals surface area contributed by atoms with Gasteiger partial charge in [-0.1, -0.05) is 17.7 Å². The third-order valence-corrected chi connectivity index (χ3v) is 4.87. The van der Waals surface area contributed by atoms with E-state index < -0.39 is 0 Å². The summed E-state index contributed by atoms with van der Waals surface area (Å²) in [4.78, 5) is 16.9. The predicted octanol–water partition coefficient (Wildman–Crippen LogP) is 5.41. The quantitative estimate of drug-likeness (QED) is 0.425. The number of oxazole rings is 1. The van der Waals surface area contributed by atoms with Crippen LogP contribution in [-0.4, -0.2) is 21.1 Å². The van der Waals surface area contributed by atoms with Crippen molar-refractivity contribution in [2.75, 3.05) is 5.32 Å². The zero-order valence-electron chi connectivity index (χ0n) is 16.9. The van der Waals surface area contributed by atoms with Crippen molar-refractivity contribution in [1.29, 1.82) is 0 Å². The highest BCUT2D eigenvalue weighted by Crippen LogP contribution is 2.25. The molecule has 2 aromatic heterocycles. The van der Waals surface area contributed by atoms with Crippen LogP contribution in [0.2, 0.25) is 0 Å². The van der Waals surface area contributed by atoms with Crippen LogP contribution in [0.15, 0.2) is 75.6 Å². The fourth-order valence-electron chi connectivity index (χ4n) is 3.24. The molecule has 31 heavy (non-hydrogen) atoms. The molecule has 0 atom stereocenters. The van der Waals surface area contributed by atoms with Crippen LogP contribution in [0, 0.1) is 13.8 Å². The molecular formula is C24H18N4O3. The Morgan fingerprint density at radius 1 is 0.806 bits per heavy atom. The number of aromatic nitrogens is 3. The summed E-state index contributed by atoms with van der Waals surface area (Å²) < 4.78 is 11.3. The van der Waals surface area contributed by atoms with Crippen molar-refractivity contribution < 1.29 is 13.6 Å². The summed E-state index contributed by atoms with van der Waals surface area (Å²) in [6, 6.07) is 20.2. The van der Waals surface area contributed by atoms with Gasteiger partial charge in [0.15, 0.2) is 11.5 Å². The first-order chi connectivity index (χ1) is 15.0. The van der Waals surface area contributed by atoms with E-state index in [1.54, 1.807) is 49.4 Å². The Morgan fingerprint density at radius 3 is 2.13 bits per heavy atom. The first kappa shape index (κ1) is 18.7. The highest BCUT2D eigenvalue weighted by Gasteiger charge is 2.13. The minimum absolute atomic E-state index is 0.225. The van der Waals surface area contributed by atoms with Gasteiger partial charge >= 0.3 is 0 Å². The molecule has 152 valence electrons. The third-order valence-electron chi connectivity index (χ3n) is 4.87. The van der Waals surface area contributed by atoms with Gasteiger partial charge < -0.3 is 14.2 Å². The predicted molar refractivity (Wildman–Crippen MR) is 117 cm³/mol. The average Bonchev–Trinajstić information content (AvgIpc) is 3.40. The lowest BCUT2D eigenvalue weighted by Crippen LogP contribution is -2.11. The van der Waals surface area contributed by atoms with Gasteiger partial charge in [0.1, 0.15) is 5.52 Å². The summed E-state index contributed by atoms with van der Waals surface area (Å²) in [6.45, 7) is 3.81. The number of fused-ring (bicyclic) bond motifs is 1. The Morgan fingerprint density at radius 2 is 1.45 bits per heavy atom. The molecule has 0 aliphatic rings. The number of rotatable bonds is 4. The monoisotopic (exact) mass is 410 g/mol. The van der Waals surface area contributed by atoms with Crippen LogP contribution in [0.5, 0.6) is 0 Å². The molecular weight excluding hydrogens is 392 g/mol. The van der Waals surface area contributed by atoms with Crippen LogP contribution >= 0.6 is 0 Å². The number of hydrogen-bond acceptors (Lipinski definition) is 6. The summed E-state index contributed by atoms with van der Waals surface area (Å²) in [7, 11) is 0. The van der Waals surface area contributed by atoms with Gasteiger partial charge in [-0.2, -0.15) is 0 Å². The van der Waals surface area contributed by atoms with Gasteiger partial charge in [0.25, 0.3) is 5.91 Å². The van der Waals surface area contributed by atoms with Crippen molar-refractivity contribution in [2.45, 2.75) is 13.8 Å². The number of benzene rings is 3. The minimum atomic E-state index is -0.225. The van der Waals surface area contributed by atoms with E-state index in [0.717, 1.165) is 16.7 Å². The first-order valence-corrected chi connectivity index (χ1v) is 9.75. The number of anilines is 1. The molecule has 0 radical (unpaired) electrons. The molecule has 5 aromatic rings. The molecule has 1 N–H and O–H groups in total. The summed E-state index contributed by atoms with van der Waals surface area (Å²) in [6.07, 6.45) is 0. The number of amides is 1. The summed E-state index contributed by atoms with van der Waals surface area (Å²) >= 11 is 0. The van der Waals surface area contributed by atoms with E-state index in [9.17, 15) is 4.79 Å². The fraction of sp³-hybridized carbons (Fsp3) is 0.0833. The van der Waals surface area contributed by atoms with Crippen molar-refractivity contribution in [1.82, 2.24) is 15.2 Å². The van der Waals surface area contributed by atoms with Crippen LogP contribution in [-0.2, 0) is 0 Å². The summed E-state index contributed by atoms with van der Waals surface area (Å²) in [5.41, 5.74) is 5.30. The second kappa shape index (κ2) is 7.53. The Bertz CT molecular complexity index is 1380. The third kappa shape index (κ3) is 3.81. The number of nitrogens with one attached hydrogen (secondary N) is 1. The van der Waals surface area contributed by atoms with Gasteiger partial charge in [0, 0.05) is 29.3 Å². The molecule has 2 heterocycles.